The zero-order chi connectivity index (χ0) is 21.1. The van der Waals surface area contributed by atoms with Gasteiger partial charge in [0.1, 0.15) is 24.7 Å². The van der Waals surface area contributed by atoms with Crippen LogP contribution in [-0.2, 0) is 12.8 Å². The Morgan fingerprint density at radius 2 is 2.07 bits per heavy atom. The van der Waals surface area contributed by atoms with Crippen molar-refractivity contribution in [2.75, 3.05) is 13.2 Å². The molecule has 0 N–H and O–H groups in total. The van der Waals surface area contributed by atoms with E-state index in [0.29, 0.717) is 13.2 Å². The van der Waals surface area contributed by atoms with E-state index in [1.165, 1.54) is 29.5 Å². The summed E-state index contributed by atoms with van der Waals surface area (Å²) < 4.78 is 12.4. The standard InChI is InChI=1S/C28H32O2/c1-5-7-8-20-9-12-24(26(16-20)29-15-6-2)23-17-21-10-11-22-18-28(3,4)14-13-25(22)27(21)30-19-23/h6,9-14,16-17H,2,5,7-8,15,18-19H2,1,3-4H3. The molecule has 0 saturated carbocycles. The molecule has 0 radical (unpaired) electrons. The second-order valence-electron chi connectivity index (χ2n) is 9.05. The molecular formula is C28H32O2. The van der Waals surface area contributed by atoms with Gasteiger partial charge in [0.2, 0.25) is 0 Å². The van der Waals surface area contributed by atoms with E-state index in [2.05, 4.69) is 75.9 Å². The monoisotopic (exact) mass is 400 g/mol. The van der Waals surface area contributed by atoms with Gasteiger partial charge in [0.05, 0.1) is 0 Å². The molecule has 156 valence electrons. The van der Waals surface area contributed by atoms with Gasteiger partial charge in [-0.1, -0.05) is 76.3 Å². The highest BCUT2D eigenvalue weighted by molar-refractivity contribution is 5.89. The van der Waals surface area contributed by atoms with Gasteiger partial charge in [0, 0.05) is 22.3 Å². The largest absolute Gasteiger partial charge is 0.489 e. The second-order valence-corrected chi connectivity index (χ2v) is 9.05. The lowest BCUT2D eigenvalue weighted by atomic mass is 9.78. The summed E-state index contributed by atoms with van der Waals surface area (Å²) in [6.07, 6.45) is 13.1. The molecule has 0 atom stereocenters. The lowest BCUT2D eigenvalue weighted by Gasteiger charge is -2.29. The zero-order valence-corrected chi connectivity index (χ0v) is 18.5. The van der Waals surface area contributed by atoms with Crippen LogP contribution in [0.1, 0.15) is 61.4 Å². The Hall–Kier alpha value is -2.74. The van der Waals surface area contributed by atoms with E-state index in [9.17, 15) is 0 Å². The van der Waals surface area contributed by atoms with Crippen LogP contribution in [0.4, 0.5) is 0 Å². The van der Waals surface area contributed by atoms with Gasteiger partial charge in [-0.05, 0) is 47.9 Å². The minimum absolute atomic E-state index is 0.202. The van der Waals surface area contributed by atoms with E-state index in [4.69, 9.17) is 9.47 Å². The molecular weight excluding hydrogens is 368 g/mol. The minimum Gasteiger partial charge on any atom is -0.489 e. The number of benzene rings is 2. The fourth-order valence-electron chi connectivity index (χ4n) is 4.30. The van der Waals surface area contributed by atoms with Crippen molar-refractivity contribution < 1.29 is 9.47 Å². The van der Waals surface area contributed by atoms with Gasteiger partial charge in [-0.2, -0.15) is 0 Å². The van der Waals surface area contributed by atoms with Crippen LogP contribution in [-0.4, -0.2) is 13.2 Å². The molecule has 2 nitrogen and oxygen atoms in total. The fraction of sp³-hybridized carbons (Fsp3) is 0.357. The summed E-state index contributed by atoms with van der Waals surface area (Å²) in [5, 5.41) is 0. The predicted octanol–water partition coefficient (Wildman–Crippen LogP) is 7.12. The Morgan fingerprint density at radius 3 is 2.87 bits per heavy atom. The van der Waals surface area contributed by atoms with Crippen molar-refractivity contribution in [3.63, 3.8) is 0 Å². The lowest BCUT2D eigenvalue weighted by Crippen LogP contribution is -2.17. The Morgan fingerprint density at radius 1 is 1.20 bits per heavy atom. The van der Waals surface area contributed by atoms with Crippen LogP contribution in [0, 0.1) is 5.41 Å². The molecule has 0 unspecified atom stereocenters. The molecule has 0 aromatic heterocycles. The molecule has 1 heterocycles. The molecule has 30 heavy (non-hydrogen) atoms. The molecule has 0 spiro atoms. The van der Waals surface area contributed by atoms with Crippen molar-refractivity contribution in [2.24, 2.45) is 5.41 Å². The van der Waals surface area contributed by atoms with Gasteiger partial charge in [-0.25, -0.2) is 0 Å². The second kappa shape index (κ2) is 8.55. The Labute approximate surface area is 180 Å². The molecule has 0 saturated heterocycles. The number of hydrogen-bond acceptors (Lipinski definition) is 2. The van der Waals surface area contributed by atoms with Gasteiger partial charge in [0.15, 0.2) is 0 Å². The molecule has 1 aliphatic heterocycles. The first kappa shape index (κ1) is 20.5. The molecule has 2 heteroatoms. The maximum Gasteiger partial charge on any atom is 0.134 e. The van der Waals surface area contributed by atoms with Crippen molar-refractivity contribution in [3.05, 3.63) is 76.9 Å². The van der Waals surface area contributed by atoms with E-state index >= 15 is 0 Å². The summed E-state index contributed by atoms with van der Waals surface area (Å²) in [5.41, 5.74) is 7.53. The molecule has 0 bridgehead atoms. The quantitative estimate of drug-likeness (QED) is 0.461. The van der Waals surface area contributed by atoms with Gasteiger partial charge >= 0.3 is 0 Å². The van der Waals surface area contributed by atoms with Crippen LogP contribution >= 0.6 is 0 Å². The number of allylic oxidation sites excluding steroid dienone is 1. The molecule has 2 aliphatic rings. The summed E-state index contributed by atoms with van der Waals surface area (Å²) in [6.45, 7) is 11.6. The average Bonchev–Trinajstić information content (AvgIpc) is 2.75. The molecule has 0 amide bonds. The number of fused-ring (bicyclic) bond motifs is 3. The highest BCUT2D eigenvalue weighted by Crippen LogP contribution is 2.42. The molecule has 2 aromatic rings. The van der Waals surface area contributed by atoms with Crippen molar-refractivity contribution in [2.45, 2.75) is 46.5 Å². The van der Waals surface area contributed by atoms with Crippen molar-refractivity contribution >= 4 is 17.7 Å². The van der Waals surface area contributed by atoms with Crippen LogP contribution in [0.5, 0.6) is 11.5 Å². The average molecular weight is 401 g/mol. The molecule has 4 rings (SSSR count). The van der Waals surface area contributed by atoms with Crippen molar-refractivity contribution in [3.8, 4) is 11.5 Å². The van der Waals surface area contributed by atoms with Crippen LogP contribution in [0.3, 0.4) is 0 Å². The minimum atomic E-state index is 0.202. The Bertz CT molecular complexity index is 1010. The van der Waals surface area contributed by atoms with Gasteiger partial charge in [-0.3, -0.25) is 0 Å². The Balaban J connectivity index is 1.69. The first-order valence-corrected chi connectivity index (χ1v) is 11.1. The van der Waals surface area contributed by atoms with Gasteiger partial charge < -0.3 is 9.47 Å². The summed E-state index contributed by atoms with van der Waals surface area (Å²) >= 11 is 0. The number of hydrogen-bond donors (Lipinski definition) is 0. The van der Waals surface area contributed by atoms with Crippen LogP contribution in [0.15, 0.2) is 49.1 Å². The summed E-state index contributed by atoms with van der Waals surface area (Å²) in [5.74, 6) is 1.93. The van der Waals surface area contributed by atoms with E-state index < -0.39 is 0 Å². The lowest BCUT2D eigenvalue weighted by molar-refractivity contribution is 0.352. The van der Waals surface area contributed by atoms with Crippen LogP contribution < -0.4 is 9.47 Å². The fourth-order valence-corrected chi connectivity index (χ4v) is 4.30. The maximum atomic E-state index is 6.32. The van der Waals surface area contributed by atoms with Gasteiger partial charge in [0.25, 0.3) is 0 Å². The highest BCUT2D eigenvalue weighted by Gasteiger charge is 2.26. The number of ether oxygens (including phenoxy) is 2. The number of unbranched alkanes of at least 4 members (excludes halogenated alkanes) is 1. The van der Waals surface area contributed by atoms with Crippen LogP contribution in [0.2, 0.25) is 0 Å². The third-order valence-corrected chi connectivity index (χ3v) is 5.93. The topological polar surface area (TPSA) is 18.5 Å². The first-order valence-electron chi connectivity index (χ1n) is 11.1. The van der Waals surface area contributed by atoms with E-state index in [0.717, 1.165) is 41.0 Å². The number of aryl methyl sites for hydroxylation is 1. The molecule has 2 aromatic carbocycles. The number of rotatable bonds is 7. The smallest absolute Gasteiger partial charge is 0.134 e. The molecule has 1 aliphatic carbocycles. The van der Waals surface area contributed by atoms with E-state index in [1.54, 1.807) is 6.08 Å². The predicted molar refractivity (Wildman–Crippen MR) is 127 cm³/mol. The summed E-state index contributed by atoms with van der Waals surface area (Å²) in [4.78, 5) is 0. The molecule has 0 fully saturated rings. The third-order valence-electron chi connectivity index (χ3n) is 5.93. The van der Waals surface area contributed by atoms with Crippen molar-refractivity contribution in [1.29, 1.82) is 0 Å². The summed E-state index contributed by atoms with van der Waals surface area (Å²) in [7, 11) is 0. The highest BCUT2D eigenvalue weighted by atomic mass is 16.5. The zero-order valence-electron chi connectivity index (χ0n) is 18.5. The van der Waals surface area contributed by atoms with Crippen molar-refractivity contribution in [1.82, 2.24) is 0 Å². The normalized spacial score (nSPS) is 16.2. The van der Waals surface area contributed by atoms with Gasteiger partial charge in [-0.15, -0.1) is 0 Å². The first-order chi connectivity index (χ1) is 14.5. The Kier molecular flexibility index (Phi) is 5.85. The van der Waals surface area contributed by atoms with E-state index in [1.807, 2.05) is 0 Å². The van der Waals surface area contributed by atoms with Crippen LogP contribution in [0.25, 0.3) is 17.7 Å². The third kappa shape index (κ3) is 4.23. The maximum absolute atomic E-state index is 6.32. The summed E-state index contributed by atoms with van der Waals surface area (Å²) in [6, 6.07) is 11.0. The van der Waals surface area contributed by atoms with E-state index in [-0.39, 0.29) is 5.41 Å². The SMILES string of the molecule is C=CCOc1cc(CCCC)ccc1C1=Cc2ccc3c(c2OC1)C=CC(C)(C)C3.